The molecule has 0 saturated heterocycles. The number of hydrogen-bond acceptors (Lipinski definition) is 1. The third-order valence-electron chi connectivity index (χ3n) is 2.92. The van der Waals surface area contributed by atoms with Crippen LogP contribution in [0, 0.1) is 13.5 Å². The summed E-state index contributed by atoms with van der Waals surface area (Å²) in [5.74, 6) is 0. The molecule has 1 nitrogen and oxygen atoms in total. The van der Waals surface area contributed by atoms with Gasteiger partial charge < -0.3 is 4.90 Å². The van der Waals surface area contributed by atoms with Gasteiger partial charge in [-0.3, -0.25) is 6.54 Å². The Morgan fingerprint density at radius 3 is 2.67 bits per heavy atom. The molecule has 1 heterocycles. The summed E-state index contributed by atoms with van der Waals surface area (Å²) < 4.78 is 0. The Morgan fingerprint density at radius 1 is 1.27 bits per heavy atom. The van der Waals surface area contributed by atoms with E-state index in [-0.39, 0.29) is 32.7 Å². The Kier molecular flexibility index (Phi) is 4.95. The molecule has 1 aliphatic rings. The van der Waals surface area contributed by atoms with Crippen LogP contribution in [0.2, 0.25) is 0 Å². The molecule has 0 atom stereocenters. The van der Waals surface area contributed by atoms with E-state index in [1.165, 1.54) is 16.7 Å². The smallest absolute Gasteiger partial charge is 0 e. The fraction of sp³-hybridized carbons (Fsp3) is 0.462. The number of aryl methyl sites for hydroxylation is 1. The number of hydrogen-bond donors (Lipinski definition) is 0. The van der Waals surface area contributed by atoms with Crippen LogP contribution in [0.5, 0.6) is 0 Å². The Labute approximate surface area is 118 Å². The van der Waals surface area contributed by atoms with Gasteiger partial charge in [0.2, 0.25) is 0 Å². The maximum absolute atomic E-state index is 2.41. The summed E-state index contributed by atoms with van der Waals surface area (Å²) in [7, 11) is 0. The van der Waals surface area contributed by atoms with Gasteiger partial charge in [0, 0.05) is 32.7 Å². The minimum absolute atomic E-state index is 0. The molecule has 15 heavy (non-hydrogen) atoms. The van der Waals surface area contributed by atoms with Crippen molar-refractivity contribution in [2.75, 3.05) is 0 Å². The van der Waals surface area contributed by atoms with Crippen molar-refractivity contribution in [1.29, 1.82) is 0 Å². The van der Waals surface area contributed by atoms with Gasteiger partial charge in [0.05, 0.1) is 0 Å². The Hall–Kier alpha value is 0.284. The van der Waals surface area contributed by atoms with Gasteiger partial charge in [-0.25, -0.2) is 0 Å². The normalized spacial score (nSPS) is 16.0. The quantitative estimate of drug-likeness (QED) is 0.713. The molecular formula is C13H18NY-. The number of rotatable bonds is 1. The minimum Gasteiger partial charge on any atom is -0.450 e. The molecule has 0 spiro atoms. The van der Waals surface area contributed by atoms with Crippen LogP contribution in [0.4, 0.5) is 0 Å². The summed E-state index contributed by atoms with van der Waals surface area (Å²) >= 11 is 0. The maximum Gasteiger partial charge on any atom is 0 e. The van der Waals surface area contributed by atoms with E-state index in [2.05, 4.69) is 50.4 Å². The summed E-state index contributed by atoms with van der Waals surface area (Å²) in [4.78, 5) is 2.41. The summed E-state index contributed by atoms with van der Waals surface area (Å²) in [6.45, 7) is 10.1. The Balaban J connectivity index is 0.00000112. The summed E-state index contributed by atoms with van der Waals surface area (Å²) in [6, 6.07) is 7.41. The molecular weight excluding hydrogens is 259 g/mol. The van der Waals surface area contributed by atoms with Gasteiger partial charge in [0.25, 0.3) is 0 Å². The minimum atomic E-state index is 0. The van der Waals surface area contributed by atoms with E-state index in [4.69, 9.17) is 0 Å². The average Bonchev–Trinajstić information content (AvgIpc) is 2.16. The van der Waals surface area contributed by atoms with Gasteiger partial charge in [-0.05, 0) is 25.1 Å². The summed E-state index contributed by atoms with van der Waals surface area (Å²) in [5.41, 5.74) is 4.36. The molecule has 1 radical (unpaired) electrons. The number of nitrogens with zero attached hydrogens (tertiary/aromatic N) is 1. The SMILES string of the molecule is Cc1ccc2c(c1)C[CH-]N(C(C)C)C2.[Y]. The molecule has 0 aliphatic carbocycles. The van der Waals surface area contributed by atoms with E-state index in [1.807, 2.05) is 0 Å². The van der Waals surface area contributed by atoms with Crippen molar-refractivity contribution in [3.8, 4) is 0 Å². The second-order valence-electron chi connectivity index (χ2n) is 4.42. The monoisotopic (exact) mass is 277 g/mol. The number of benzene rings is 1. The second kappa shape index (κ2) is 5.56. The molecule has 0 aromatic heterocycles. The largest absolute Gasteiger partial charge is 0.450 e. The van der Waals surface area contributed by atoms with E-state index < -0.39 is 0 Å². The van der Waals surface area contributed by atoms with E-state index in [0.29, 0.717) is 6.04 Å². The van der Waals surface area contributed by atoms with Crippen molar-refractivity contribution in [3.63, 3.8) is 0 Å². The molecule has 0 N–H and O–H groups in total. The van der Waals surface area contributed by atoms with Crippen molar-refractivity contribution in [3.05, 3.63) is 41.4 Å². The van der Waals surface area contributed by atoms with Crippen molar-refractivity contribution in [1.82, 2.24) is 4.90 Å². The van der Waals surface area contributed by atoms with E-state index in [1.54, 1.807) is 0 Å². The molecule has 0 saturated carbocycles. The van der Waals surface area contributed by atoms with Gasteiger partial charge >= 0.3 is 0 Å². The van der Waals surface area contributed by atoms with Crippen LogP contribution in [0.25, 0.3) is 0 Å². The molecule has 0 fully saturated rings. The van der Waals surface area contributed by atoms with Crippen molar-refractivity contribution in [2.45, 2.75) is 39.8 Å². The van der Waals surface area contributed by atoms with E-state index in [9.17, 15) is 0 Å². The predicted octanol–water partition coefficient (Wildman–Crippen LogP) is 2.92. The van der Waals surface area contributed by atoms with Crippen LogP contribution in [0.15, 0.2) is 18.2 Å². The molecule has 0 unspecified atom stereocenters. The first kappa shape index (κ1) is 13.3. The van der Waals surface area contributed by atoms with Gasteiger partial charge in [-0.15, -0.1) is 6.42 Å². The van der Waals surface area contributed by atoms with Crippen LogP contribution in [0.1, 0.15) is 30.5 Å². The van der Waals surface area contributed by atoms with E-state index in [0.717, 1.165) is 13.0 Å². The molecule has 1 aliphatic heterocycles. The van der Waals surface area contributed by atoms with Crippen LogP contribution < -0.4 is 0 Å². The predicted molar refractivity (Wildman–Crippen MR) is 59.9 cm³/mol. The van der Waals surface area contributed by atoms with Crippen molar-refractivity contribution in [2.24, 2.45) is 0 Å². The van der Waals surface area contributed by atoms with Gasteiger partial charge in [-0.2, -0.15) is 0 Å². The van der Waals surface area contributed by atoms with Gasteiger partial charge in [0.1, 0.15) is 0 Å². The first-order valence-corrected chi connectivity index (χ1v) is 5.34. The zero-order valence-corrected chi connectivity index (χ0v) is 12.7. The fourth-order valence-electron chi connectivity index (χ4n) is 1.97. The Morgan fingerprint density at radius 2 is 2.00 bits per heavy atom. The Bertz CT molecular complexity index is 333. The molecule has 2 heteroatoms. The van der Waals surface area contributed by atoms with E-state index >= 15 is 0 Å². The fourth-order valence-corrected chi connectivity index (χ4v) is 1.97. The zero-order valence-electron chi connectivity index (χ0n) is 9.83. The first-order chi connectivity index (χ1) is 6.66. The molecule has 1 aromatic carbocycles. The average molecular weight is 277 g/mol. The molecule has 0 bridgehead atoms. The molecule has 1 aromatic rings. The summed E-state index contributed by atoms with van der Waals surface area (Å²) in [6.07, 6.45) is 1.09. The third kappa shape index (κ3) is 3.12. The van der Waals surface area contributed by atoms with Crippen molar-refractivity contribution >= 4 is 0 Å². The topological polar surface area (TPSA) is 3.24 Å². The third-order valence-corrected chi connectivity index (χ3v) is 2.92. The van der Waals surface area contributed by atoms with Crippen LogP contribution in [-0.4, -0.2) is 10.9 Å². The molecule has 79 valence electrons. The molecule has 0 amide bonds. The van der Waals surface area contributed by atoms with Gasteiger partial charge in [0.15, 0.2) is 0 Å². The van der Waals surface area contributed by atoms with Crippen LogP contribution in [-0.2, 0) is 45.7 Å². The van der Waals surface area contributed by atoms with Crippen molar-refractivity contribution < 1.29 is 32.7 Å². The molecule has 2 rings (SSSR count). The first-order valence-electron chi connectivity index (χ1n) is 5.34. The zero-order chi connectivity index (χ0) is 10.1. The number of fused-ring (bicyclic) bond motifs is 1. The maximum atomic E-state index is 2.41. The second-order valence-corrected chi connectivity index (χ2v) is 4.42. The summed E-state index contributed by atoms with van der Waals surface area (Å²) in [5, 5.41) is 0. The van der Waals surface area contributed by atoms with Gasteiger partial charge in [-0.1, -0.05) is 43.2 Å². The van der Waals surface area contributed by atoms with Crippen LogP contribution >= 0.6 is 0 Å². The standard InChI is InChI=1S/C13H18N.Y/c1-10(2)14-7-6-12-8-11(3)4-5-13(12)9-14;/h4-5,7-8,10H,6,9H2,1-3H3;/q-1;. The van der Waals surface area contributed by atoms with Crippen LogP contribution in [0.3, 0.4) is 0 Å².